The molecular formula is C26H17F3O9. The fourth-order valence-electron chi connectivity index (χ4n) is 5.01. The molecule has 5 rings (SSSR count). The molecule has 0 spiro atoms. The molecule has 196 valence electrons. The number of rotatable bonds is 5. The van der Waals surface area contributed by atoms with Crippen LogP contribution < -0.4 is 9.47 Å². The minimum Gasteiger partial charge on any atom is -0.423 e. The highest BCUT2D eigenvalue weighted by Gasteiger charge is 2.53. The molecule has 2 fully saturated rings. The molecule has 0 bridgehead atoms. The van der Waals surface area contributed by atoms with E-state index in [0.29, 0.717) is 16.7 Å². The Morgan fingerprint density at radius 2 is 1.53 bits per heavy atom. The summed E-state index contributed by atoms with van der Waals surface area (Å²) in [6.45, 7) is 0. The normalized spacial score (nSPS) is 24.6. The number of benzene rings is 2. The van der Waals surface area contributed by atoms with Crippen LogP contribution in [0.5, 0.6) is 11.5 Å². The molecule has 0 N–H and O–H groups in total. The van der Waals surface area contributed by atoms with Gasteiger partial charge in [0.25, 0.3) is 0 Å². The van der Waals surface area contributed by atoms with Crippen molar-refractivity contribution in [1.82, 2.24) is 0 Å². The van der Waals surface area contributed by atoms with Crippen LogP contribution in [0.25, 0.3) is 6.08 Å². The molecule has 4 atom stereocenters. The summed E-state index contributed by atoms with van der Waals surface area (Å²) in [5.74, 6) is -7.28. The van der Waals surface area contributed by atoms with Crippen molar-refractivity contribution < 1.29 is 56.1 Å². The summed E-state index contributed by atoms with van der Waals surface area (Å²) in [4.78, 5) is 61.1. The molecule has 9 nitrogen and oxygen atoms in total. The van der Waals surface area contributed by atoms with Crippen LogP contribution in [0.1, 0.15) is 41.4 Å². The van der Waals surface area contributed by atoms with Gasteiger partial charge in [-0.05, 0) is 59.4 Å². The van der Waals surface area contributed by atoms with Gasteiger partial charge in [-0.3, -0.25) is 19.2 Å². The van der Waals surface area contributed by atoms with Gasteiger partial charge in [0.1, 0.15) is 11.5 Å². The predicted octanol–water partition coefficient (Wildman–Crippen LogP) is 3.56. The van der Waals surface area contributed by atoms with E-state index in [-0.39, 0.29) is 18.6 Å². The molecule has 2 heterocycles. The fraction of sp³-hybridized carbons (Fsp3) is 0.269. The third-order valence-corrected chi connectivity index (χ3v) is 6.59. The zero-order valence-corrected chi connectivity index (χ0v) is 19.2. The van der Waals surface area contributed by atoms with E-state index in [4.69, 9.17) is 9.47 Å². The molecule has 0 amide bonds. The Hall–Kier alpha value is -4.48. The van der Waals surface area contributed by atoms with E-state index in [2.05, 4.69) is 9.47 Å². The molecule has 4 unspecified atom stereocenters. The summed E-state index contributed by atoms with van der Waals surface area (Å²) >= 11 is 0. The Labute approximate surface area is 212 Å². The maximum absolute atomic E-state index is 12.4. The summed E-state index contributed by atoms with van der Waals surface area (Å²) in [6, 6.07) is 9.22. The van der Waals surface area contributed by atoms with Gasteiger partial charge in [0.2, 0.25) is 0 Å². The van der Waals surface area contributed by atoms with Gasteiger partial charge in [-0.15, -0.1) is 13.2 Å². The van der Waals surface area contributed by atoms with E-state index < -0.39 is 65.6 Å². The summed E-state index contributed by atoms with van der Waals surface area (Å²) in [7, 11) is 0. The van der Waals surface area contributed by atoms with Crippen LogP contribution in [0.3, 0.4) is 0 Å². The molecule has 38 heavy (non-hydrogen) atoms. The van der Waals surface area contributed by atoms with Gasteiger partial charge in [-0.1, -0.05) is 18.2 Å². The molecule has 0 saturated carbocycles. The molecule has 0 aromatic heterocycles. The van der Waals surface area contributed by atoms with Crippen LogP contribution in [0, 0.1) is 11.8 Å². The molecule has 2 aromatic carbocycles. The Morgan fingerprint density at radius 3 is 2.18 bits per heavy atom. The molecule has 2 aromatic rings. The van der Waals surface area contributed by atoms with Crippen molar-refractivity contribution in [2.45, 2.75) is 31.0 Å². The van der Waals surface area contributed by atoms with E-state index >= 15 is 0 Å². The van der Waals surface area contributed by atoms with Gasteiger partial charge < -0.3 is 18.9 Å². The first-order chi connectivity index (χ1) is 18.0. The largest absolute Gasteiger partial charge is 0.573 e. The second-order valence-electron chi connectivity index (χ2n) is 8.93. The Bertz CT molecular complexity index is 1380. The van der Waals surface area contributed by atoms with Crippen LogP contribution in [0.4, 0.5) is 13.2 Å². The number of hydrogen-bond acceptors (Lipinski definition) is 9. The lowest BCUT2D eigenvalue weighted by atomic mass is 9.67. The predicted molar refractivity (Wildman–Crippen MR) is 118 cm³/mol. The Kier molecular flexibility index (Phi) is 6.25. The summed E-state index contributed by atoms with van der Waals surface area (Å²) in [5.41, 5.74) is 1.30. The zero-order valence-electron chi connectivity index (χ0n) is 19.2. The van der Waals surface area contributed by atoms with E-state index in [0.717, 1.165) is 18.2 Å². The summed E-state index contributed by atoms with van der Waals surface area (Å²) in [5, 5.41) is 0. The van der Waals surface area contributed by atoms with Gasteiger partial charge in [-0.25, -0.2) is 4.79 Å². The second-order valence-corrected chi connectivity index (χ2v) is 8.93. The lowest BCUT2D eigenvalue weighted by Crippen LogP contribution is -2.31. The van der Waals surface area contributed by atoms with Crippen molar-refractivity contribution in [3.63, 3.8) is 0 Å². The quantitative estimate of drug-likeness (QED) is 0.247. The average molecular weight is 530 g/mol. The maximum Gasteiger partial charge on any atom is 0.573 e. The molecule has 3 aliphatic rings. The molecular weight excluding hydrogens is 513 g/mol. The molecule has 12 heteroatoms. The van der Waals surface area contributed by atoms with Crippen molar-refractivity contribution in [3.8, 4) is 11.5 Å². The van der Waals surface area contributed by atoms with Gasteiger partial charge in [0.05, 0.1) is 24.2 Å². The topological polar surface area (TPSA) is 122 Å². The lowest BCUT2D eigenvalue weighted by Gasteiger charge is -2.32. The van der Waals surface area contributed by atoms with Crippen LogP contribution >= 0.6 is 0 Å². The van der Waals surface area contributed by atoms with Gasteiger partial charge in [0.15, 0.2) is 0 Å². The fourth-order valence-corrected chi connectivity index (χ4v) is 5.01. The number of halogens is 3. The SMILES string of the molecule is O=C(C=Cc1ccc(OC(F)(F)F)cc1)Oc1ccc2c(c1)C1C(=O)OC(=O)C1CC2C1CC(=O)OC1=O. The van der Waals surface area contributed by atoms with Gasteiger partial charge in [-0.2, -0.15) is 0 Å². The van der Waals surface area contributed by atoms with Crippen molar-refractivity contribution in [2.75, 3.05) is 0 Å². The highest BCUT2D eigenvalue weighted by atomic mass is 19.4. The highest BCUT2D eigenvalue weighted by Crippen LogP contribution is 2.51. The van der Waals surface area contributed by atoms with Crippen LogP contribution in [-0.2, 0) is 33.4 Å². The minimum absolute atomic E-state index is 0.0453. The smallest absolute Gasteiger partial charge is 0.423 e. The molecule has 2 saturated heterocycles. The van der Waals surface area contributed by atoms with E-state index in [1.54, 1.807) is 6.07 Å². The zero-order chi connectivity index (χ0) is 27.2. The standard InChI is InChI=1S/C26H17F3O9/c27-26(28,29)38-13-4-1-12(2-5-13)3-8-20(30)35-14-6-7-15-16(18-11-21(31)36-23(18)32)10-19-22(17(15)9-14)25(34)37-24(19)33/h1-9,16,18-19,22H,10-11H2. The Morgan fingerprint density at radius 1 is 0.842 bits per heavy atom. The molecule has 1 aliphatic carbocycles. The maximum atomic E-state index is 12.4. The van der Waals surface area contributed by atoms with Crippen LogP contribution in [0.2, 0.25) is 0 Å². The average Bonchev–Trinajstić information content (AvgIpc) is 3.33. The lowest BCUT2D eigenvalue weighted by molar-refractivity contribution is -0.274. The summed E-state index contributed by atoms with van der Waals surface area (Å²) in [6.07, 6.45) is -2.49. The van der Waals surface area contributed by atoms with E-state index in [1.807, 2.05) is 0 Å². The van der Waals surface area contributed by atoms with Crippen molar-refractivity contribution >= 4 is 35.9 Å². The highest BCUT2D eigenvalue weighted by molar-refractivity contribution is 6.01. The van der Waals surface area contributed by atoms with Crippen LogP contribution in [0.15, 0.2) is 48.5 Å². The van der Waals surface area contributed by atoms with Crippen molar-refractivity contribution in [3.05, 3.63) is 65.2 Å². The monoisotopic (exact) mass is 530 g/mol. The number of carbonyl (C=O) groups is 5. The first kappa shape index (κ1) is 25.2. The number of esters is 5. The van der Waals surface area contributed by atoms with E-state index in [9.17, 15) is 37.1 Å². The first-order valence-corrected chi connectivity index (χ1v) is 11.4. The number of alkyl halides is 3. The third kappa shape index (κ3) is 5.01. The number of cyclic esters (lactones) is 4. The number of hydrogen-bond donors (Lipinski definition) is 0. The molecule has 0 radical (unpaired) electrons. The number of ether oxygens (including phenoxy) is 4. The van der Waals surface area contributed by atoms with Crippen LogP contribution in [-0.4, -0.2) is 36.2 Å². The van der Waals surface area contributed by atoms with Gasteiger partial charge in [0, 0.05) is 6.08 Å². The molecule has 2 aliphatic heterocycles. The first-order valence-electron chi connectivity index (χ1n) is 11.4. The summed E-state index contributed by atoms with van der Waals surface area (Å²) < 4.78 is 55.4. The van der Waals surface area contributed by atoms with Gasteiger partial charge >= 0.3 is 36.2 Å². The Balaban J connectivity index is 1.35. The number of carbonyl (C=O) groups excluding carboxylic acids is 5. The minimum atomic E-state index is -4.82. The third-order valence-electron chi connectivity index (χ3n) is 6.59. The van der Waals surface area contributed by atoms with Crippen molar-refractivity contribution in [1.29, 1.82) is 0 Å². The van der Waals surface area contributed by atoms with Crippen molar-refractivity contribution in [2.24, 2.45) is 11.8 Å². The second kappa shape index (κ2) is 9.43. The number of fused-ring (bicyclic) bond motifs is 3. The van der Waals surface area contributed by atoms with E-state index in [1.165, 1.54) is 30.3 Å².